The SMILES string of the molecule is N#Cc1ccc(-n2c3ccccc3c3cc(-c4nc(-c5ccccc5)cc(-c5ccccc5)n4)ccc32)c(-c2nc(-c3ccccc3)cc(-c3ccccc3)n2)c1. The summed E-state index contributed by atoms with van der Waals surface area (Å²) >= 11 is 0. The van der Waals surface area contributed by atoms with Crippen LogP contribution < -0.4 is 0 Å². The molecule has 0 bridgehead atoms. The molecule has 0 atom stereocenters. The highest BCUT2D eigenvalue weighted by Gasteiger charge is 2.21. The van der Waals surface area contributed by atoms with E-state index in [2.05, 4.69) is 108 Å². The summed E-state index contributed by atoms with van der Waals surface area (Å²) in [7, 11) is 0. The second-order valence-electron chi connectivity index (χ2n) is 13.8. The van der Waals surface area contributed by atoms with Gasteiger partial charge >= 0.3 is 0 Å². The second kappa shape index (κ2) is 14.3. The van der Waals surface area contributed by atoms with E-state index in [1.807, 2.05) is 97.1 Å². The largest absolute Gasteiger partial charge is 0.308 e. The van der Waals surface area contributed by atoms with Gasteiger partial charge in [-0.2, -0.15) is 5.26 Å². The van der Waals surface area contributed by atoms with E-state index < -0.39 is 0 Å². The Labute approximate surface area is 329 Å². The molecule has 0 amide bonds. The van der Waals surface area contributed by atoms with Crippen molar-refractivity contribution in [1.82, 2.24) is 24.5 Å². The van der Waals surface area contributed by atoms with E-state index >= 15 is 0 Å². The Morgan fingerprint density at radius 2 is 0.825 bits per heavy atom. The molecule has 0 saturated heterocycles. The number of nitrogens with zero attached hydrogens (tertiary/aromatic N) is 6. The Morgan fingerprint density at radius 3 is 1.33 bits per heavy atom. The molecule has 6 heteroatoms. The van der Waals surface area contributed by atoms with Gasteiger partial charge in [-0.05, 0) is 54.6 Å². The number of hydrogen-bond acceptors (Lipinski definition) is 5. The lowest BCUT2D eigenvalue weighted by Crippen LogP contribution is -2.02. The van der Waals surface area contributed by atoms with E-state index in [1.165, 1.54) is 0 Å². The monoisotopic (exact) mass is 728 g/mol. The molecule has 0 fully saturated rings. The average molecular weight is 729 g/mol. The maximum atomic E-state index is 10.2. The first-order valence-electron chi connectivity index (χ1n) is 18.8. The molecule has 0 aliphatic rings. The lowest BCUT2D eigenvalue weighted by molar-refractivity contribution is 1.14. The summed E-state index contributed by atoms with van der Waals surface area (Å²) in [5, 5.41) is 12.3. The van der Waals surface area contributed by atoms with Gasteiger partial charge in [-0.15, -0.1) is 0 Å². The fraction of sp³-hybridized carbons (Fsp3) is 0. The van der Waals surface area contributed by atoms with Crippen LogP contribution in [0.1, 0.15) is 5.56 Å². The molecule has 0 aliphatic heterocycles. The molecule has 57 heavy (non-hydrogen) atoms. The molecule has 10 rings (SSSR count). The zero-order chi connectivity index (χ0) is 38.1. The van der Waals surface area contributed by atoms with Gasteiger partial charge in [-0.1, -0.05) is 140 Å². The highest BCUT2D eigenvalue weighted by Crippen LogP contribution is 2.39. The number of hydrogen-bond donors (Lipinski definition) is 0. The van der Waals surface area contributed by atoms with Crippen LogP contribution in [0, 0.1) is 11.3 Å². The maximum absolute atomic E-state index is 10.2. The smallest absolute Gasteiger partial charge is 0.162 e. The van der Waals surface area contributed by atoms with Crippen molar-refractivity contribution in [2.45, 2.75) is 0 Å². The molecule has 0 spiro atoms. The Bertz CT molecular complexity index is 3000. The summed E-state index contributed by atoms with van der Waals surface area (Å²) in [6.45, 7) is 0. The van der Waals surface area contributed by atoms with E-state index in [-0.39, 0.29) is 0 Å². The van der Waals surface area contributed by atoms with Crippen LogP contribution in [0.3, 0.4) is 0 Å². The third-order valence-electron chi connectivity index (χ3n) is 10.3. The van der Waals surface area contributed by atoms with E-state index in [9.17, 15) is 5.26 Å². The van der Waals surface area contributed by atoms with Crippen molar-refractivity contribution in [2.24, 2.45) is 0 Å². The molecule has 3 heterocycles. The molecule has 3 aromatic heterocycles. The van der Waals surface area contributed by atoms with Gasteiger partial charge in [0.2, 0.25) is 0 Å². The van der Waals surface area contributed by atoms with Crippen LogP contribution in [-0.4, -0.2) is 24.5 Å². The zero-order valence-corrected chi connectivity index (χ0v) is 30.7. The van der Waals surface area contributed by atoms with Crippen molar-refractivity contribution in [1.29, 1.82) is 5.26 Å². The first-order valence-corrected chi connectivity index (χ1v) is 18.8. The number of rotatable bonds is 7. The Balaban J connectivity index is 1.19. The van der Waals surface area contributed by atoms with Crippen molar-refractivity contribution < 1.29 is 0 Å². The number of fused-ring (bicyclic) bond motifs is 3. The van der Waals surface area contributed by atoms with Gasteiger partial charge in [-0.25, -0.2) is 19.9 Å². The first kappa shape index (κ1) is 33.6. The second-order valence-corrected chi connectivity index (χ2v) is 13.8. The van der Waals surface area contributed by atoms with Crippen molar-refractivity contribution in [3.8, 4) is 79.6 Å². The molecule has 10 aromatic rings. The summed E-state index contributed by atoms with van der Waals surface area (Å²) in [5.74, 6) is 1.18. The Kier molecular flexibility index (Phi) is 8.44. The fourth-order valence-electron chi connectivity index (χ4n) is 7.52. The van der Waals surface area contributed by atoms with E-state index in [4.69, 9.17) is 19.9 Å². The summed E-state index contributed by atoms with van der Waals surface area (Å²) in [4.78, 5) is 20.6. The van der Waals surface area contributed by atoms with Crippen LogP contribution >= 0.6 is 0 Å². The summed E-state index contributed by atoms with van der Waals surface area (Å²) in [6, 6.07) is 67.8. The van der Waals surface area contributed by atoms with Crippen LogP contribution in [0.15, 0.2) is 194 Å². The number of para-hydroxylation sites is 1. The molecule has 7 aromatic carbocycles. The first-order chi connectivity index (χ1) is 28.2. The van der Waals surface area contributed by atoms with Crippen molar-refractivity contribution in [2.75, 3.05) is 0 Å². The van der Waals surface area contributed by atoms with Crippen molar-refractivity contribution >= 4 is 21.8 Å². The van der Waals surface area contributed by atoms with Crippen LogP contribution in [-0.2, 0) is 0 Å². The minimum Gasteiger partial charge on any atom is -0.308 e. The van der Waals surface area contributed by atoms with E-state index in [0.717, 1.165) is 83.6 Å². The third-order valence-corrected chi connectivity index (χ3v) is 10.3. The van der Waals surface area contributed by atoms with Gasteiger partial charge in [0, 0.05) is 44.2 Å². The molecule has 0 radical (unpaired) electrons. The highest BCUT2D eigenvalue weighted by molar-refractivity contribution is 6.11. The number of nitriles is 1. The predicted octanol–water partition coefficient (Wildman–Crippen LogP) is 12.2. The molecular weight excluding hydrogens is 697 g/mol. The van der Waals surface area contributed by atoms with Crippen LogP contribution in [0.25, 0.3) is 95.3 Å². The minimum atomic E-state index is 0.524. The zero-order valence-electron chi connectivity index (χ0n) is 30.7. The Hall–Kier alpha value is -8.01. The maximum Gasteiger partial charge on any atom is 0.162 e. The van der Waals surface area contributed by atoms with Crippen molar-refractivity contribution in [3.05, 3.63) is 200 Å². The number of benzene rings is 7. The van der Waals surface area contributed by atoms with Gasteiger partial charge in [0.05, 0.1) is 51.1 Å². The average Bonchev–Trinajstić information content (AvgIpc) is 3.63. The number of aromatic nitrogens is 5. The quantitative estimate of drug-likeness (QED) is 0.163. The summed E-state index contributed by atoms with van der Waals surface area (Å²) in [6.07, 6.45) is 0. The lowest BCUT2D eigenvalue weighted by Gasteiger charge is -2.15. The normalized spacial score (nSPS) is 11.1. The summed E-state index contributed by atoms with van der Waals surface area (Å²) in [5.41, 5.74) is 12.4. The lowest BCUT2D eigenvalue weighted by atomic mass is 10.0. The van der Waals surface area contributed by atoms with Crippen LogP contribution in [0.5, 0.6) is 0 Å². The topological polar surface area (TPSA) is 80.3 Å². The van der Waals surface area contributed by atoms with Gasteiger partial charge < -0.3 is 4.57 Å². The van der Waals surface area contributed by atoms with E-state index in [0.29, 0.717) is 17.2 Å². The molecule has 266 valence electrons. The Morgan fingerprint density at radius 1 is 0.368 bits per heavy atom. The van der Waals surface area contributed by atoms with Crippen molar-refractivity contribution in [3.63, 3.8) is 0 Å². The fourth-order valence-corrected chi connectivity index (χ4v) is 7.52. The van der Waals surface area contributed by atoms with Crippen LogP contribution in [0.4, 0.5) is 0 Å². The third kappa shape index (κ3) is 6.29. The molecule has 0 saturated carbocycles. The van der Waals surface area contributed by atoms with Gasteiger partial charge in [0.1, 0.15) is 0 Å². The standard InChI is InChI=1S/C51H32N6/c52-33-34-25-27-49(42(29-34)51-55-45(37-19-9-3-10-20-37)32-46(56-51)38-21-11-4-12-22-38)57-47-24-14-13-23-40(47)41-30-39(26-28-48(41)57)50-53-43(35-15-5-1-6-16-35)31-44(54-50)36-17-7-2-8-18-36/h1-32H. The van der Waals surface area contributed by atoms with Crippen LogP contribution in [0.2, 0.25) is 0 Å². The van der Waals surface area contributed by atoms with Gasteiger partial charge in [0.15, 0.2) is 11.6 Å². The molecule has 0 aliphatic carbocycles. The summed E-state index contributed by atoms with van der Waals surface area (Å²) < 4.78 is 2.25. The predicted molar refractivity (Wildman–Crippen MR) is 229 cm³/mol. The van der Waals surface area contributed by atoms with E-state index in [1.54, 1.807) is 0 Å². The molecule has 0 unspecified atom stereocenters. The molecule has 6 nitrogen and oxygen atoms in total. The van der Waals surface area contributed by atoms with Gasteiger partial charge in [0.25, 0.3) is 0 Å². The minimum absolute atomic E-state index is 0.524. The van der Waals surface area contributed by atoms with Gasteiger partial charge in [-0.3, -0.25) is 0 Å². The molecular formula is C51H32N6. The highest BCUT2D eigenvalue weighted by atomic mass is 15.0. The molecule has 0 N–H and O–H groups in total.